The summed E-state index contributed by atoms with van der Waals surface area (Å²) in [6, 6.07) is 11.4. The summed E-state index contributed by atoms with van der Waals surface area (Å²) in [5.41, 5.74) is 1.74. The van der Waals surface area contributed by atoms with Crippen LogP contribution in [0.3, 0.4) is 0 Å². The van der Waals surface area contributed by atoms with Crippen molar-refractivity contribution in [3.63, 3.8) is 0 Å². The van der Waals surface area contributed by atoms with E-state index in [0.29, 0.717) is 17.1 Å². The minimum absolute atomic E-state index is 0.203. The van der Waals surface area contributed by atoms with Crippen LogP contribution in [-0.4, -0.2) is 40.0 Å². The lowest BCUT2D eigenvalue weighted by atomic mass is 10.1. The number of fused-ring (bicyclic) bond motifs is 1. The summed E-state index contributed by atoms with van der Waals surface area (Å²) in [4.78, 5) is 11.8. The van der Waals surface area contributed by atoms with Crippen LogP contribution in [0.4, 0.5) is 0 Å². The molecule has 0 fully saturated rings. The highest BCUT2D eigenvalue weighted by molar-refractivity contribution is 7.89. The van der Waals surface area contributed by atoms with Crippen molar-refractivity contribution >= 4 is 21.0 Å². The van der Waals surface area contributed by atoms with Crippen molar-refractivity contribution in [1.29, 1.82) is 0 Å². The molecule has 154 valence electrons. The van der Waals surface area contributed by atoms with Crippen LogP contribution in [0.25, 0.3) is 11.0 Å². The number of ether oxygens (including phenoxy) is 2. The molecule has 0 spiro atoms. The van der Waals surface area contributed by atoms with E-state index in [0.717, 1.165) is 20.8 Å². The highest BCUT2D eigenvalue weighted by Crippen LogP contribution is 2.28. The van der Waals surface area contributed by atoms with E-state index in [4.69, 9.17) is 13.9 Å². The van der Waals surface area contributed by atoms with Crippen molar-refractivity contribution in [3.05, 3.63) is 64.0 Å². The predicted molar refractivity (Wildman–Crippen MR) is 110 cm³/mol. The molecular weight excluding hydrogens is 394 g/mol. The maximum atomic E-state index is 12.1. The molecule has 0 atom stereocenters. The van der Waals surface area contributed by atoms with Gasteiger partial charge in [0.1, 0.15) is 30.3 Å². The van der Waals surface area contributed by atoms with Crippen molar-refractivity contribution in [2.75, 3.05) is 27.3 Å². The van der Waals surface area contributed by atoms with Gasteiger partial charge in [0.15, 0.2) is 0 Å². The first-order chi connectivity index (χ1) is 13.7. The Balaban J connectivity index is 1.62. The summed E-state index contributed by atoms with van der Waals surface area (Å²) in [6.07, 6.45) is 0. The van der Waals surface area contributed by atoms with Gasteiger partial charge in [0.05, 0.1) is 4.90 Å². The lowest BCUT2D eigenvalue weighted by Crippen LogP contribution is -2.22. The fourth-order valence-electron chi connectivity index (χ4n) is 2.89. The molecule has 0 N–H and O–H groups in total. The van der Waals surface area contributed by atoms with Crippen molar-refractivity contribution in [3.8, 4) is 11.5 Å². The van der Waals surface area contributed by atoms with E-state index in [2.05, 4.69) is 0 Å². The zero-order valence-corrected chi connectivity index (χ0v) is 17.6. The molecular formula is C21H23NO6S. The van der Waals surface area contributed by atoms with Gasteiger partial charge in [-0.2, -0.15) is 0 Å². The SMILES string of the molecule is Cc1cc(=O)oc2c(C)c(OCCOc3ccc(S(=O)(=O)N(C)C)cc3)ccc12. The maximum Gasteiger partial charge on any atom is 0.336 e. The molecule has 0 aliphatic heterocycles. The van der Waals surface area contributed by atoms with E-state index in [1.165, 1.54) is 32.3 Å². The second-order valence-corrected chi connectivity index (χ2v) is 8.92. The Bertz CT molecular complexity index is 1180. The van der Waals surface area contributed by atoms with Crippen LogP contribution >= 0.6 is 0 Å². The minimum atomic E-state index is -3.46. The Morgan fingerprint density at radius 2 is 1.62 bits per heavy atom. The van der Waals surface area contributed by atoms with Gasteiger partial charge < -0.3 is 13.9 Å². The van der Waals surface area contributed by atoms with Gasteiger partial charge in [-0.05, 0) is 55.8 Å². The molecule has 0 bridgehead atoms. The number of aryl methyl sites for hydroxylation is 2. The normalized spacial score (nSPS) is 11.8. The fourth-order valence-corrected chi connectivity index (χ4v) is 3.79. The third-order valence-electron chi connectivity index (χ3n) is 4.53. The number of benzene rings is 2. The van der Waals surface area contributed by atoms with Gasteiger partial charge in [0.2, 0.25) is 10.0 Å². The summed E-state index contributed by atoms with van der Waals surface area (Å²) < 4.78 is 42.0. The number of hydrogen-bond acceptors (Lipinski definition) is 6. The highest BCUT2D eigenvalue weighted by Gasteiger charge is 2.16. The molecule has 1 aromatic heterocycles. The highest BCUT2D eigenvalue weighted by atomic mass is 32.2. The van der Waals surface area contributed by atoms with Gasteiger partial charge in [-0.1, -0.05) is 0 Å². The summed E-state index contributed by atoms with van der Waals surface area (Å²) in [7, 11) is -0.493. The van der Waals surface area contributed by atoms with Crippen LogP contribution < -0.4 is 15.1 Å². The van der Waals surface area contributed by atoms with Crippen LogP contribution in [0.2, 0.25) is 0 Å². The van der Waals surface area contributed by atoms with Gasteiger partial charge in [0.25, 0.3) is 0 Å². The smallest absolute Gasteiger partial charge is 0.336 e. The first-order valence-corrected chi connectivity index (χ1v) is 10.5. The lowest BCUT2D eigenvalue weighted by molar-refractivity contribution is 0.216. The monoisotopic (exact) mass is 417 g/mol. The van der Waals surface area contributed by atoms with Crippen molar-refractivity contribution in [2.24, 2.45) is 0 Å². The Morgan fingerprint density at radius 3 is 2.28 bits per heavy atom. The Morgan fingerprint density at radius 1 is 0.966 bits per heavy atom. The van der Waals surface area contributed by atoms with Crippen molar-refractivity contribution < 1.29 is 22.3 Å². The van der Waals surface area contributed by atoms with Crippen molar-refractivity contribution in [1.82, 2.24) is 4.31 Å². The zero-order chi connectivity index (χ0) is 21.2. The largest absolute Gasteiger partial charge is 0.490 e. The second-order valence-electron chi connectivity index (χ2n) is 6.77. The van der Waals surface area contributed by atoms with Gasteiger partial charge >= 0.3 is 5.63 Å². The second kappa shape index (κ2) is 8.26. The summed E-state index contributed by atoms with van der Waals surface area (Å²) in [6.45, 7) is 4.25. The quantitative estimate of drug-likeness (QED) is 0.434. The molecule has 0 aliphatic rings. The minimum Gasteiger partial charge on any atom is -0.490 e. The van der Waals surface area contributed by atoms with Crippen LogP contribution in [0.5, 0.6) is 11.5 Å². The standard InChI is InChI=1S/C21H23NO6S/c1-14-13-20(23)28-21-15(2)19(10-9-18(14)21)27-12-11-26-16-5-7-17(8-6-16)29(24,25)22(3)4/h5-10,13H,11-12H2,1-4H3. The van der Waals surface area contributed by atoms with E-state index in [1.807, 2.05) is 26.0 Å². The average molecular weight is 417 g/mol. The number of hydrogen-bond donors (Lipinski definition) is 0. The molecule has 3 aromatic rings. The lowest BCUT2D eigenvalue weighted by Gasteiger charge is -2.13. The summed E-state index contributed by atoms with van der Waals surface area (Å²) >= 11 is 0. The van der Waals surface area contributed by atoms with Crippen molar-refractivity contribution in [2.45, 2.75) is 18.7 Å². The van der Waals surface area contributed by atoms with Gasteiger partial charge in [-0.15, -0.1) is 0 Å². The molecule has 8 heteroatoms. The Hall–Kier alpha value is -2.84. The fraction of sp³-hybridized carbons (Fsp3) is 0.286. The van der Waals surface area contributed by atoms with E-state index in [1.54, 1.807) is 12.1 Å². The van der Waals surface area contributed by atoms with E-state index in [-0.39, 0.29) is 18.1 Å². The molecule has 0 unspecified atom stereocenters. The molecule has 7 nitrogen and oxygen atoms in total. The van der Waals surface area contributed by atoms with E-state index >= 15 is 0 Å². The third-order valence-corrected chi connectivity index (χ3v) is 6.36. The molecule has 1 heterocycles. The first kappa shape index (κ1) is 20.9. The zero-order valence-electron chi connectivity index (χ0n) is 16.8. The van der Waals surface area contributed by atoms with Crippen LogP contribution in [-0.2, 0) is 10.0 Å². The number of rotatable bonds is 7. The van der Waals surface area contributed by atoms with Gasteiger partial charge in [-0.3, -0.25) is 0 Å². The molecule has 0 saturated heterocycles. The van der Waals surface area contributed by atoms with Gasteiger partial charge in [0, 0.05) is 31.1 Å². The maximum absolute atomic E-state index is 12.1. The molecule has 29 heavy (non-hydrogen) atoms. The number of sulfonamides is 1. The summed E-state index contributed by atoms with van der Waals surface area (Å²) in [5, 5.41) is 0.874. The summed E-state index contributed by atoms with van der Waals surface area (Å²) in [5.74, 6) is 1.16. The van der Waals surface area contributed by atoms with Crippen LogP contribution in [0.1, 0.15) is 11.1 Å². The number of nitrogens with zero attached hydrogens (tertiary/aromatic N) is 1. The molecule has 0 aliphatic carbocycles. The third kappa shape index (κ3) is 4.44. The Labute approximate surface area is 169 Å². The van der Waals surface area contributed by atoms with E-state index < -0.39 is 15.6 Å². The molecule has 2 aromatic carbocycles. The van der Waals surface area contributed by atoms with Gasteiger partial charge in [-0.25, -0.2) is 17.5 Å². The van der Waals surface area contributed by atoms with Crippen LogP contribution in [0, 0.1) is 13.8 Å². The first-order valence-electron chi connectivity index (χ1n) is 9.02. The molecule has 0 saturated carbocycles. The van der Waals surface area contributed by atoms with Crippen LogP contribution in [0.15, 0.2) is 56.6 Å². The topological polar surface area (TPSA) is 86.0 Å². The predicted octanol–water partition coefficient (Wildman–Crippen LogP) is 3.12. The molecule has 0 amide bonds. The average Bonchev–Trinajstić information content (AvgIpc) is 2.67. The molecule has 3 rings (SSSR count). The van der Waals surface area contributed by atoms with E-state index in [9.17, 15) is 13.2 Å². The molecule has 0 radical (unpaired) electrons. The Kier molecular flexibility index (Phi) is 5.95.